The summed E-state index contributed by atoms with van der Waals surface area (Å²) in [5, 5.41) is 3.58. The quantitative estimate of drug-likeness (QED) is 0.805. The molecule has 0 saturated carbocycles. The Morgan fingerprint density at radius 2 is 1.95 bits per heavy atom. The molecule has 0 aliphatic rings. The van der Waals surface area contributed by atoms with Gasteiger partial charge in [-0.05, 0) is 39.3 Å². The van der Waals surface area contributed by atoms with Crippen molar-refractivity contribution in [2.75, 3.05) is 6.54 Å². The number of aryl methyl sites for hydroxylation is 3. The standard InChI is InChI=1S/C16H23N3/c1-13-9-14(2)11-16(10-13)15(3)18-5-4-7-19-8-6-17-12-19/h6,8-12,15,18H,4-5,7H2,1-3H3. The zero-order valence-corrected chi connectivity index (χ0v) is 12.1. The highest BCUT2D eigenvalue weighted by Gasteiger charge is 2.05. The first-order valence-electron chi connectivity index (χ1n) is 6.92. The molecule has 0 amide bonds. The van der Waals surface area contributed by atoms with Crippen molar-refractivity contribution in [3.63, 3.8) is 0 Å². The number of nitrogens with one attached hydrogen (secondary N) is 1. The highest BCUT2D eigenvalue weighted by Crippen LogP contribution is 2.16. The fraction of sp³-hybridized carbons (Fsp3) is 0.438. The Morgan fingerprint density at radius 3 is 2.58 bits per heavy atom. The Balaban J connectivity index is 1.79. The van der Waals surface area contributed by atoms with E-state index in [2.05, 4.69) is 53.8 Å². The van der Waals surface area contributed by atoms with Gasteiger partial charge in [0.2, 0.25) is 0 Å². The number of imidazole rings is 1. The Hall–Kier alpha value is -1.61. The fourth-order valence-corrected chi connectivity index (χ4v) is 2.38. The zero-order chi connectivity index (χ0) is 13.7. The molecule has 0 aliphatic heterocycles. The van der Waals surface area contributed by atoms with Crippen molar-refractivity contribution in [3.8, 4) is 0 Å². The molecule has 0 saturated heterocycles. The second kappa shape index (κ2) is 6.53. The third-order valence-electron chi connectivity index (χ3n) is 3.35. The van der Waals surface area contributed by atoms with Crippen molar-refractivity contribution in [2.24, 2.45) is 0 Å². The Morgan fingerprint density at radius 1 is 1.21 bits per heavy atom. The molecule has 2 aromatic rings. The third kappa shape index (κ3) is 4.21. The van der Waals surface area contributed by atoms with Crippen LogP contribution in [0.4, 0.5) is 0 Å². The van der Waals surface area contributed by atoms with E-state index in [1.54, 1.807) is 0 Å². The van der Waals surface area contributed by atoms with E-state index >= 15 is 0 Å². The van der Waals surface area contributed by atoms with Crippen LogP contribution in [0, 0.1) is 13.8 Å². The van der Waals surface area contributed by atoms with Crippen molar-refractivity contribution < 1.29 is 0 Å². The second-order valence-electron chi connectivity index (χ2n) is 5.25. The van der Waals surface area contributed by atoms with E-state index < -0.39 is 0 Å². The van der Waals surface area contributed by atoms with Crippen LogP contribution < -0.4 is 5.32 Å². The summed E-state index contributed by atoms with van der Waals surface area (Å²) in [5.74, 6) is 0. The van der Waals surface area contributed by atoms with Gasteiger partial charge in [0.05, 0.1) is 6.33 Å². The number of hydrogen-bond acceptors (Lipinski definition) is 2. The highest BCUT2D eigenvalue weighted by molar-refractivity contribution is 5.30. The first kappa shape index (κ1) is 13.8. The van der Waals surface area contributed by atoms with Gasteiger partial charge in [0.1, 0.15) is 0 Å². The molecule has 0 radical (unpaired) electrons. The maximum absolute atomic E-state index is 4.05. The van der Waals surface area contributed by atoms with E-state index in [0.717, 1.165) is 19.5 Å². The topological polar surface area (TPSA) is 29.9 Å². The molecule has 0 aliphatic carbocycles. The van der Waals surface area contributed by atoms with E-state index in [1.807, 2.05) is 18.7 Å². The van der Waals surface area contributed by atoms with Crippen molar-refractivity contribution in [1.29, 1.82) is 0 Å². The molecular formula is C16H23N3. The van der Waals surface area contributed by atoms with Crippen molar-refractivity contribution >= 4 is 0 Å². The minimum absolute atomic E-state index is 0.404. The minimum atomic E-state index is 0.404. The van der Waals surface area contributed by atoms with Crippen LogP contribution in [-0.2, 0) is 6.54 Å². The molecule has 1 N–H and O–H groups in total. The van der Waals surface area contributed by atoms with Gasteiger partial charge in [-0.2, -0.15) is 0 Å². The minimum Gasteiger partial charge on any atom is -0.337 e. The molecule has 1 aromatic heterocycles. The molecule has 102 valence electrons. The molecule has 1 heterocycles. The van der Waals surface area contributed by atoms with Crippen LogP contribution in [0.1, 0.15) is 36.1 Å². The molecule has 0 fully saturated rings. The van der Waals surface area contributed by atoms with Gasteiger partial charge in [-0.3, -0.25) is 0 Å². The summed E-state index contributed by atoms with van der Waals surface area (Å²) in [6.45, 7) is 8.58. The maximum atomic E-state index is 4.05. The molecule has 1 aromatic carbocycles. The summed E-state index contributed by atoms with van der Waals surface area (Å²) >= 11 is 0. The first-order chi connectivity index (χ1) is 9.15. The van der Waals surface area contributed by atoms with E-state index in [0.29, 0.717) is 6.04 Å². The Kier molecular flexibility index (Phi) is 4.74. The van der Waals surface area contributed by atoms with Gasteiger partial charge >= 0.3 is 0 Å². The van der Waals surface area contributed by atoms with Crippen LogP contribution in [0.3, 0.4) is 0 Å². The normalized spacial score (nSPS) is 12.6. The van der Waals surface area contributed by atoms with E-state index in [4.69, 9.17) is 0 Å². The number of aromatic nitrogens is 2. The van der Waals surface area contributed by atoms with Crippen LogP contribution in [0.15, 0.2) is 36.9 Å². The average Bonchev–Trinajstić information content (AvgIpc) is 2.86. The van der Waals surface area contributed by atoms with Gasteiger partial charge < -0.3 is 9.88 Å². The molecular weight excluding hydrogens is 234 g/mol. The summed E-state index contributed by atoms with van der Waals surface area (Å²) in [5.41, 5.74) is 4.05. The summed E-state index contributed by atoms with van der Waals surface area (Å²) in [6, 6.07) is 7.15. The predicted octanol–water partition coefficient (Wildman–Crippen LogP) is 3.24. The van der Waals surface area contributed by atoms with E-state index in [-0.39, 0.29) is 0 Å². The maximum Gasteiger partial charge on any atom is 0.0945 e. The molecule has 3 nitrogen and oxygen atoms in total. The average molecular weight is 257 g/mol. The van der Waals surface area contributed by atoms with E-state index in [1.165, 1.54) is 16.7 Å². The lowest BCUT2D eigenvalue weighted by atomic mass is 10.0. The number of hydrogen-bond donors (Lipinski definition) is 1. The lowest BCUT2D eigenvalue weighted by Gasteiger charge is -2.15. The third-order valence-corrected chi connectivity index (χ3v) is 3.35. The van der Waals surface area contributed by atoms with Crippen molar-refractivity contribution in [3.05, 3.63) is 53.6 Å². The molecule has 1 atom stereocenters. The van der Waals surface area contributed by atoms with Crippen LogP contribution in [0.25, 0.3) is 0 Å². The molecule has 0 bridgehead atoms. The van der Waals surface area contributed by atoms with Gasteiger partial charge in [0.15, 0.2) is 0 Å². The molecule has 3 heteroatoms. The molecule has 19 heavy (non-hydrogen) atoms. The van der Waals surface area contributed by atoms with Gasteiger partial charge in [-0.15, -0.1) is 0 Å². The smallest absolute Gasteiger partial charge is 0.0945 e. The van der Waals surface area contributed by atoms with Crippen molar-refractivity contribution in [2.45, 2.75) is 39.8 Å². The lowest BCUT2D eigenvalue weighted by molar-refractivity contribution is 0.526. The van der Waals surface area contributed by atoms with Crippen LogP contribution in [0.5, 0.6) is 0 Å². The van der Waals surface area contributed by atoms with Gasteiger partial charge in [-0.1, -0.05) is 29.3 Å². The Labute approximate surface area is 115 Å². The second-order valence-corrected chi connectivity index (χ2v) is 5.25. The van der Waals surface area contributed by atoms with E-state index in [9.17, 15) is 0 Å². The molecule has 1 unspecified atom stereocenters. The number of nitrogens with zero attached hydrogens (tertiary/aromatic N) is 2. The monoisotopic (exact) mass is 257 g/mol. The highest BCUT2D eigenvalue weighted by atomic mass is 15.0. The SMILES string of the molecule is Cc1cc(C)cc(C(C)NCCCn2ccnc2)c1. The summed E-state index contributed by atoms with van der Waals surface area (Å²) < 4.78 is 2.11. The van der Waals surface area contributed by atoms with Crippen molar-refractivity contribution in [1.82, 2.24) is 14.9 Å². The largest absolute Gasteiger partial charge is 0.337 e. The molecule has 0 spiro atoms. The summed E-state index contributed by atoms with van der Waals surface area (Å²) in [7, 11) is 0. The number of rotatable bonds is 6. The van der Waals surface area contributed by atoms with Gasteiger partial charge in [0.25, 0.3) is 0 Å². The summed E-state index contributed by atoms with van der Waals surface area (Å²) in [4.78, 5) is 4.05. The van der Waals surface area contributed by atoms with Crippen LogP contribution in [0.2, 0.25) is 0 Å². The summed E-state index contributed by atoms with van der Waals surface area (Å²) in [6.07, 6.45) is 6.82. The Bertz CT molecular complexity index is 482. The first-order valence-corrected chi connectivity index (χ1v) is 6.92. The van der Waals surface area contributed by atoms with Gasteiger partial charge in [-0.25, -0.2) is 4.98 Å². The van der Waals surface area contributed by atoms with Crippen LogP contribution >= 0.6 is 0 Å². The molecule has 2 rings (SSSR count). The zero-order valence-electron chi connectivity index (χ0n) is 12.1. The lowest BCUT2D eigenvalue weighted by Crippen LogP contribution is -2.21. The fourth-order valence-electron chi connectivity index (χ4n) is 2.38. The predicted molar refractivity (Wildman–Crippen MR) is 79.2 cm³/mol. The van der Waals surface area contributed by atoms with Crippen LogP contribution in [-0.4, -0.2) is 16.1 Å². The number of benzene rings is 1. The van der Waals surface area contributed by atoms with Gasteiger partial charge in [0, 0.05) is 25.0 Å².